The van der Waals surface area contributed by atoms with Crippen molar-refractivity contribution < 1.29 is 0 Å². The molecule has 0 radical (unpaired) electrons. The van der Waals surface area contributed by atoms with Crippen LogP contribution in [0, 0.1) is 0 Å². The smallest absolute Gasteiger partial charge is 0.0338 e. The van der Waals surface area contributed by atoms with E-state index in [0.717, 1.165) is 6.42 Å². The van der Waals surface area contributed by atoms with Crippen molar-refractivity contribution in [2.45, 2.75) is 30.6 Å². The maximum atomic E-state index is 2.41. The lowest BCUT2D eigenvalue weighted by Gasteiger charge is -2.45. The fraction of sp³-hybridized carbons (Fsp3) is 0.0725. The molecular weight excluding hydrogens is 829 g/mol. The molecule has 29 aromatic carbocycles. The molecule has 4 aliphatic rings. The molecule has 0 N–H and O–H groups in total. The van der Waals surface area contributed by atoms with E-state index >= 15 is 0 Å². The van der Waals surface area contributed by atoms with E-state index in [9.17, 15) is 0 Å². The maximum Gasteiger partial charge on any atom is 0.0338 e. The number of rotatable bonds is 4. The highest BCUT2D eigenvalue weighted by atomic mass is 14.6. The zero-order valence-electron chi connectivity index (χ0n) is 35.6. The molecule has 0 saturated carbocycles. The molecule has 69 heavy (non-hydrogen) atoms. The fourth-order valence-corrected chi connectivity index (χ4v) is 25.0. The van der Waals surface area contributed by atoms with E-state index in [4.69, 9.17) is 0 Å². The molecule has 288 valence electrons. The second kappa shape index (κ2) is 5.96. The highest BCUT2D eigenvalue weighted by Crippen LogP contribution is 2.84. The van der Waals surface area contributed by atoms with Gasteiger partial charge in [0.1, 0.15) is 0 Å². The Kier molecular flexibility index (Phi) is 2.22. The van der Waals surface area contributed by atoms with Crippen LogP contribution in [-0.4, -0.2) is 0 Å². The summed E-state index contributed by atoms with van der Waals surface area (Å²) < 4.78 is 0. The minimum absolute atomic E-state index is 0.111. The second-order valence-corrected chi connectivity index (χ2v) is 25.6. The molecule has 0 spiro atoms. The van der Waals surface area contributed by atoms with Crippen LogP contribution in [0.15, 0.2) is 30.3 Å². The van der Waals surface area contributed by atoms with E-state index in [2.05, 4.69) is 30.3 Å². The lowest BCUT2D eigenvalue weighted by atomic mass is 9.55. The van der Waals surface area contributed by atoms with E-state index in [-0.39, 0.29) is 5.41 Å². The Labute approximate surface area is 377 Å². The molecule has 0 nitrogen and oxygen atoms in total. The molecule has 29 aromatic rings. The van der Waals surface area contributed by atoms with Gasteiger partial charge in [-0.2, -0.15) is 0 Å². The van der Waals surface area contributed by atoms with Crippen molar-refractivity contribution in [3.63, 3.8) is 0 Å². The van der Waals surface area contributed by atoms with Gasteiger partial charge in [-0.25, -0.2) is 0 Å². The zero-order valence-corrected chi connectivity index (χ0v) is 35.6. The Morgan fingerprint density at radius 1 is 0.232 bits per heavy atom. The fourth-order valence-electron chi connectivity index (χ4n) is 25.0. The van der Waals surface area contributed by atoms with Crippen LogP contribution in [0.5, 0.6) is 0 Å². The number of hydrogen-bond donors (Lipinski definition) is 0. The molecule has 0 heteroatoms. The van der Waals surface area contributed by atoms with Gasteiger partial charge in [0.25, 0.3) is 0 Å². The number of hydrogen-bond acceptors (Lipinski definition) is 0. The van der Waals surface area contributed by atoms with Gasteiger partial charge < -0.3 is 0 Å². The van der Waals surface area contributed by atoms with Gasteiger partial charge in [-0.05, 0) is 338 Å². The third kappa shape index (κ3) is 1.43. The maximum absolute atomic E-state index is 2.41. The average molecular weight is 841 g/mol. The molecule has 0 aromatic heterocycles. The Hall–Kier alpha value is -8.32. The van der Waals surface area contributed by atoms with Crippen LogP contribution in [0.4, 0.5) is 0 Å². The van der Waals surface area contributed by atoms with Crippen molar-refractivity contribution in [2.75, 3.05) is 0 Å². The van der Waals surface area contributed by atoms with Gasteiger partial charge in [0, 0.05) is 11.3 Å². The summed E-state index contributed by atoms with van der Waals surface area (Å²) in [6.07, 6.45) is 3.56. The van der Waals surface area contributed by atoms with Gasteiger partial charge >= 0.3 is 0 Å². The van der Waals surface area contributed by atoms with E-state index in [1.807, 2.05) is 11.1 Å². The standard InChI is InChI=1S/C69H12/c1-2-5-9(6-3-1)7-4-8-69-66-62-56-42-34-26-14-11-10-12-15(14)27-29-25-19(12)21-17-13(10)16-20-18(11)24-28(26)40(42)48-46-32(24)30(20)38-36-22(16)23(17)37-39-31(21)33(25)47-49-41(29)43(35(27)34)57(56)63(66)59(49)61-53(47)51(39)55-45(37)44(36)54-50(38)52(46)60(58(48)62)67(69)64(54)65(55)68(61)69/h1-3,5-6,66H,4,7-8H2. The Morgan fingerprint density at radius 3 is 0.696 bits per heavy atom. The van der Waals surface area contributed by atoms with Crippen LogP contribution < -0.4 is 0 Å². The molecule has 0 unspecified atom stereocenters. The Bertz CT molecular complexity index is 7020. The molecule has 0 heterocycles. The number of benzene rings is 19. The topological polar surface area (TPSA) is 0 Å². The molecule has 0 amide bonds. The largest absolute Gasteiger partial charge is 0.0622 e. The predicted octanol–water partition coefficient (Wildman–Crippen LogP) is 19.2. The van der Waals surface area contributed by atoms with Crippen LogP contribution in [0.3, 0.4) is 0 Å². The normalized spacial score (nSPS) is 20.8. The van der Waals surface area contributed by atoms with Gasteiger partial charge in [-0.1, -0.05) is 30.3 Å². The Morgan fingerprint density at radius 2 is 0.435 bits per heavy atom. The first-order valence-corrected chi connectivity index (χ1v) is 26.2. The quantitative estimate of drug-likeness (QED) is 0.155. The summed E-state index contributed by atoms with van der Waals surface area (Å²) in [4.78, 5) is 0. The summed E-state index contributed by atoms with van der Waals surface area (Å²) in [6, 6.07) is 11.6. The van der Waals surface area contributed by atoms with Gasteiger partial charge in [0.15, 0.2) is 0 Å². The molecule has 4 aliphatic carbocycles. The van der Waals surface area contributed by atoms with Crippen molar-refractivity contribution in [2.24, 2.45) is 0 Å². The summed E-state index contributed by atoms with van der Waals surface area (Å²) in [5.41, 5.74) is 8.61. The van der Waals surface area contributed by atoms with E-state index in [1.54, 1.807) is 302 Å². The summed E-state index contributed by atoms with van der Waals surface area (Å²) in [5, 5.41) is 91.3. The van der Waals surface area contributed by atoms with E-state index in [1.165, 1.54) is 18.4 Å². The van der Waals surface area contributed by atoms with Crippen molar-refractivity contribution in [1.82, 2.24) is 0 Å². The van der Waals surface area contributed by atoms with Crippen molar-refractivity contribution >= 4 is 291 Å². The minimum atomic E-state index is -0.111. The lowest BCUT2D eigenvalue weighted by molar-refractivity contribution is 0.425. The number of aryl methyl sites for hydroxylation is 1. The Balaban J connectivity index is 1.14. The van der Waals surface area contributed by atoms with Crippen LogP contribution in [0.25, 0.3) is 291 Å². The first-order chi connectivity index (χ1) is 34.4. The summed E-state index contributed by atoms with van der Waals surface area (Å²) in [7, 11) is 0. The lowest BCUT2D eigenvalue weighted by Crippen LogP contribution is -2.37. The third-order valence-electron chi connectivity index (χ3n) is 25.2. The molecular formula is C69H12. The SMILES string of the molecule is c1ccc(CCCC23c4c5c6c7c8c9c(c%10c%11c2c2c4c4c%12c5c5c6c6c8c8c%13c9c9c%10c%10c%11c%11c2c2c4c4c%12c%12c5c5c6c8c6c8c%13c9c9c%10c%10c%11c2c2c4c4c%12c5c6c5c8c9c%10c2c45)C73)cc1. The highest BCUT2D eigenvalue weighted by molar-refractivity contribution is 6.82. The van der Waals surface area contributed by atoms with Crippen LogP contribution in [0.2, 0.25) is 0 Å². The van der Waals surface area contributed by atoms with Crippen LogP contribution >= 0.6 is 0 Å². The third-order valence-corrected chi connectivity index (χ3v) is 25.2. The molecule has 0 fully saturated rings. The highest BCUT2D eigenvalue weighted by Gasteiger charge is 2.62. The second-order valence-electron chi connectivity index (χ2n) is 25.6. The molecule has 0 saturated heterocycles. The average Bonchev–Trinajstić information content (AvgIpc) is 4.28. The van der Waals surface area contributed by atoms with Gasteiger partial charge in [0.2, 0.25) is 0 Å². The monoisotopic (exact) mass is 840 g/mol. The van der Waals surface area contributed by atoms with Crippen molar-refractivity contribution in [1.29, 1.82) is 0 Å². The zero-order chi connectivity index (χ0) is 40.8. The molecule has 0 bridgehead atoms. The first kappa shape index (κ1) is 25.7. The minimum Gasteiger partial charge on any atom is -0.0622 e. The molecule has 0 aliphatic heterocycles. The summed E-state index contributed by atoms with van der Waals surface area (Å²) in [6.45, 7) is 0. The summed E-state index contributed by atoms with van der Waals surface area (Å²) in [5.74, 6) is 0.346. The first-order valence-electron chi connectivity index (χ1n) is 26.2. The molecule has 33 rings (SSSR count). The van der Waals surface area contributed by atoms with Crippen molar-refractivity contribution in [3.8, 4) is 0 Å². The van der Waals surface area contributed by atoms with Gasteiger partial charge in [-0.3, -0.25) is 0 Å². The van der Waals surface area contributed by atoms with Gasteiger partial charge in [-0.15, -0.1) is 0 Å². The van der Waals surface area contributed by atoms with Crippen LogP contribution in [0.1, 0.15) is 46.6 Å². The molecule has 0 atom stereocenters. The van der Waals surface area contributed by atoms with Crippen LogP contribution in [-0.2, 0) is 11.8 Å². The van der Waals surface area contributed by atoms with E-state index < -0.39 is 0 Å². The van der Waals surface area contributed by atoms with Crippen molar-refractivity contribution in [3.05, 3.63) is 58.1 Å². The summed E-state index contributed by atoms with van der Waals surface area (Å²) >= 11 is 0. The van der Waals surface area contributed by atoms with E-state index in [0.29, 0.717) is 5.92 Å². The predicted molar refractivity (Wildman–Crippen MR) is 294 cm³/mol. The van der Waals surface area contributed by atoms with Gasteiger partial charge in [0.05, 0.1) is 0 Å².